The number of amides is 1. The Labute approximate surface area is 151 Å². The second kappa shape index (κ2) is 7.45. The molecule has 5 heteroatoms. The van der Waals surface area contributed by atoms with Gasteiger partial charge in [-0.25, -0.2) is 0 Å². The van der Waals surface area contributed by atoms with E-state index in [9.17, 15) is 4.79 Å². The Morgan fingerprint density at radius 2 is 1.84 bits per heavy atom. The van der Waals surface area contributed by atoms with E-state index in [4.69, 9.17) is 20.8 Å². The second-order valence-corrected chi connectivity index (χ2v) is 6.22. The van der Waals surface area contributed by atoms with Crippen LogP contribution in [0.4, 0.5) is 5.69 Å². The van der Waals surface area contributed by atoms with Gasteiger partial charge >= 0.3 is 0 Å². The number of carbonyl (C=O) groups is 1. The fourth-order valence-corrected chi connectivity index (χ4v) is 2.45. The van der Waals surface area contributed by atoms with Crippen LogP contribution in [0.2, 0.25) is 5.02 Å². The molecule has 0 aliphatic rings. The molecule has 2 aromatic carbocycles. The van der Waals surface area contributed by atoms with Gasteiger partial charge in [0.25, 0.3) is 5.91 Å². The standard InChI is InChI=1S/C20H18ClNO3/c1-13-3-7-16(8-4-13)24-12-17-9-10-19(25-17)20(23)22-18-11-15(21)6-5-14(18)2/h3-11H,12H2,1-2H3,(H,22,23). The molecule has 0 bridgehead atoms. The minimum Gasteiger partial charge on any atom is -0.486 e. The summed E-state index contributed by atoms with van der Waals surface area (Å²) < 4.78 is 11.2. The van der Waals surface area contributed by atoms with Gasteiger partial charge in [0.1, 0.15) is 18.1 Å². The van der Waals surface area contributed by atoms with Crippen molar-refractivity contribution < 1.29 is 13.9 Å². The highest BCUT2D eigenvalue weighted by molar-refractivity contribution is 6.31. The minimum atomic E-state index is -0.327. The number of benzene rings is 2. The number of nitrogens with one attached hydrogen (secondary N) is 1. The molecule has 1 heterocycles. The first-order valence-corrected chi connectivity index (χ1v) is 8.25. The largest absolute Gasteiger partial charge is 0.486 e. The number of carbonyl (C=O) groups excluding carboxylic acids is 1. The Morgan fingerprint density at radius 3 is 2.60 bits per heavy atom. The molecule has 1 amide bonds. The molecule has 0 atom stereocenters. The number of hydrogen-bond donors (Lipinski definition) is 1. The number of anilines is 1. The summed E-state index contributed by atoms with van der Waals surface area (Å²) in [5, 5.41) is 3.37. The van der Waals surface area contributed by atoms with Gasteiger partial charge in [-0.2, -0.15) is 0 Å². The first-order chi connectivity index (χ1) is 12.0. The average Bonchev–Trinajstić information content (AvgIpc) is 3.07. The van der Waals surface area contributed by atoms with E-state index in [2.05, 4.69) is 5.32 Å². The van der Waals surface area contributed by atoms with Crippen molar-refractivity contribution in [3.05, 3.63) is 82.3 Å². The summed E-state index contributed by atoms with van der Waals surface area (Å²) in [6.07, 6.45) is 0. The highest BCUT2D eigenvalue weighted by Crippen LogP contribution is 2.21. The molecular formula is C20H18ClNO3. The molecule has 25 heavy (non-hydrogen) atoms. The highest BCUT2D eigenvalue weighted by atomic mass is 35.5. The third-order valence-electron chi connectivity index (χ3n) is 3.74. The van der Waals surface area contributed by atoms with E-state index in [0.717, 1.165) is 11.3 Å². The van der Waals surface area contributed by atoms with Crippen molar-refractivity contribution in [3.8, 4) is 5.75 Å². The van der Waals surface area contributed by atoms with Crippen LogP contribution in [0.1, 0.15) is 27.4 Å². The van der Waals surface area contributed by atoms with E-state index in [0.29, 0.717) is 16.5 Å². The van der Waals surface area contributed by atoms with E-state index in [1.54, 1.807) is 24.3 Å². The molecule has 3 aromatic rings. The molecule has 0 radical (unpaired) electrons. The summed E-state index contributed by atoms with van der Waals surface area (Å²) >= 11 is 5.97. The van der Waals surface area contributed by atoms with Gasteiger partial charge in [-0.1, -0.05) is 35.4 Å². The van der Waals surface area contributed by atoms with Crippen LogP contribution >= 0.6 is 11.6 Å². The summed E-state index contributed by atoms with van der Waals surface area (Å²) in [6, 6.07) is 16.4. The van der Waals surface area contributed by atoms with E-state index in [1.165, 1.54) is 5.56 Å². The molecule has 3 rings (SSSR count). The maximum atomic E-state index is 12.3. The molecule has 0 unspecified atom stereocenters. The predicted octanol–water partition coefficient (Wildman–Crippen LogP) is 5.38. The van der Waals surface area contributed by atoms with Crippen molar-refractivity contribution in [2.75, 3.05) is 5.32 Å². The van der Waals surface area contributed by atoms with Crippen LogP contribution in [0, 0.1) is 13.8 Å². The molecule has 0 aliphatic heterocycles. The average molecular weight is 356 g/mol. The third-order valence-corrected chi connectivity index (χ3v) is 3.97. The number of furan rings is 1. The Hall–Kier alpha value is -2.72. The van der Waals surface area contributed by atoms with Crippen molar-refractivity contribution in [1.82, 2.24) is 0 Å². The van der Waals surface area contributed by atoms with Gasteiger partial charge in [0, 0.05) is 10.7 Å². The molecule has 0 fully saturated rings. The maximum absolute atomic E-state index is 12.3. The van der Waals surface area contributed by atoms with Gasteiger partial charge in [0.05, 0.1) is 0 Å². The first-order valence-electron chi connectivity index (χ1n) is 7.87. The van der Waals surface area contributed by atoms with Gasteiger partial charge in [-0.05, 0) is 55.8 Å². The van der Waals surface area contributed by atoms with E-state index in [1.807, 2.05) is 44.2 Å². The summed E-state index contributed by atoms with van der Waals surface area (Å²) in [6.45, 7) is 4.17. The predicted molar refractivity (Wildman–Crippen MR) is 98.4 cm³/mol. The Bertz CT molecular complexity index is 884. The van der Waals surface area contributed by atoms with Gasteiger partial charge in [0.2, 0.25) is 0 Å². The van der Waals surface area contributed by atoms with E-state index >= 15 is 0 Å². The summed E-state index contributed by atoms with van der Waals surface area (Å²) in [4.78, 5) is 12.3. The molecule has 4 nitrogen and oxygen atoms in total. The van der Waals surface area contributed by atoms with Crippen molar-refractivity contribution in [2.45, 2.75) is 20.5 Å². The smallest absolute Gasteiger partial charge is 0.291 e. The number of rotatable bonds is 5. The Morgan fingerprint density at radius 1 is 1.08 bits per heavy atom. The summed E-state index contributed by atoms with van der Waals surface area (Å²) in [5.41, 5.74) is 2.75. The molecule has 1 aromatic heterocycles. The quantitative estimate of drug-likeness (QED) is 0.668. The van der Waals surface area contributed by atoms with E-state index < -0.39 is 0 Å². The van der Waals surface area contributed by atoms with Crippen molar-refractivity contribution in [3.63, 3.8) is 0 Å². The maximum Gasteiger partial charge on any atom is 0.291 e. The zero-order valence-corrected chi connectivity index (χ0v) is 14.8. The fraction of sp³-hybridized carbons (Fsp3) is 0.150. The lowest BCUT2D eigenvalue weighted by atomic mass is 10.2. The lowest BCUT2D eigenvalue weighted by Gasteiger charge is -2.07. The fourth-order valence-electron chi connectivity index (χ4n) is 2.28. The zero-order chi connectivity index (χ0) is 17.8. The van der Waals surface area contributed by atoms with Crippen molar-refractivity contribution >= 4 is 23.2 Å². The van der Waals surface area contributed by atoms with Crippen LogP contribution < -0.4 is 10.1 Å². The van der Waals surface area contributed by atoms with Crippen LogP contribution in [0.15, 0.2) is 59.0 Å². The van der Waals surface area contributed by atoms with Crippen LogP contribution in [0.5, 0.6) is 5.75 Å². The topological polar surface area (TPSA) is 51.5 Å². The normalized spacial score (nSPS) is 10.5. The van der Waals surface area contributed by atoms with Crippen molar-refractivity contribution in [1.29, 1.82) is 0 Å². The number of ether oxygens (including phenoxy) is 1. The van der Waals surface area contributed by atoms with E-state index in [-0.39, 0.29) is 18.3 Å². The SMILES string of the molecule is Cc1ccc(OCc2ccc(C(=O)Nc3cc(Cl)ccc3C)o2)cc1. The molecule has 128 valence electrons. The molecule has 0 saturated carbocycles. The van der Waals surface area contributed by atoms with Crippen LogP contribution in [-0.2, 0) is 6.61 Å². The Balaban J connectivity index is 1.63. The van der Waals surface area contributed by atoms with Crippen molar-refractivity contribution in [2.24, 2.45) is 0 Å². The van der Waals surface area contributed by atoms with Gasteiger partial charge in [0.15, 0.2) is 5.76 Å². The number of aryl methyl sites for hydroxylation is 2. The van der Waals surface area contributed by atoms with Crippen LogP contribution in [0.25, 0.3) is 0 Å². The van der Waals surface area contributed by atoms with Gasteiger partial charge in [-0.15, -0.1) is 0 Å². The number of hydrogen-bond acceptors (Lipinski definition) is 3. The van der Waals surface area contributed by atoms with Crippen LogP contribution in [0.3, 0.4) is 0 Å². The highest BCUT2D eigenvalue weighted by Gasteiger charge is 2.13. The Kier molecular flexibility index (Phi) is 5.10. The monoisotopic (exact) mass is 355 g/mol. The van der Waals surface area contributed by atoms with Crippen LogP contribution in [-0.4, -0.2) is 5.91 Å². The lowest BCUT2D eigenvalue weighted by Crippen LogP contribution is -2.11. The summed E-state index contributed by atoms with van der Waals surface area (Å²) in [5.74, 6) is 1.23. The molecular weight excluding hydrogens is 338 g/mol. The zero-order valence-electron chi connectivity index (χ0n) is 14.0. The summed E-state index contributed by atoms with van der Waals surface area (Å²) in [7, 11) is 0. The second-order valence-electron chi connectivity index (χ2n) is 5.78. The molecule has 0 saturated heterocycles. The lowest BCUT2D eigenvalue weighted by molar-refractivity contribution is 0.0992. The molecule has 0 spiro atoms. The van der Waals surface area contributed by atoms with Gasteiger partial charge in [-0.3, -0.25) is 4.79 Å². The minimum absolute atomic E-state index is 0.224. The molecule has 1 N–H and O–H groups in total. The first kappa shape index (κ1) is 17.1. The van der Waals surface area contributed by atoms with Gasteiger partial charge < -0.3 is 14.5 Å². The molecule has 0 aliphatic carbocycles. The number of halogens is 1. The third kappa shape index (κ3) is 4.43.